The maximum absolute atomic E-state index is 5.63. The van der Waals surface area contributed by atoms with Crippen molar-refractivity contribution in [3.05, 3.63) is 35.5 Å². The fourth-order valence-corrected chi connectivity index (χ4v) is 2.60. The largest absolute Gasteiger partial charge is 0.419 e. The Morgan fingerprint density at radius 3 is 2.94 bits per heavy atom. The third kappa shape index (κ3) is 1.50. The zero-order valence-electron chi connectivity index (χ0n) is 8.18. The van der Waals surface area contributed by atoms with Crippen molar-refractivity contribution in [2.75, 3.05) is 0 Å². The molecule has 0 amide bonds. The normalized spacial score (nSPS) is 11.1. The minimum Gasteiger partial charge on any atom is -0.419 e. The first-order valence-electron chi connectivity index (χ1n) is 4.73. The van der Waals surface area contributed by atoms with Gasteiger partial charge in [0.1, 0.15) is 5.88 Å². The van der Waals surface area contributed by atoms with Crippen LogP contribution < -0.4 is 0 Å². The number of hydrogen-bond acceptors (Lipinski definition) is 4. The van der Waals surface area contributed by atoms with Crippen LogP contribution in [0.2, 0.25) is 0 Å². The molecule has 0 aliphatic rings. The second-order valence-electron chi connectivity index (χ2n) is 3.28. The van der Waals surface area contributed by atoms with Gasteiger partial charge in [0.25, 0.3) is 0 Å². The number of aromatic nitrogens is 2. The van der Waals surface area contributed by atoms with Crippen molar-refractivity contribution in [1.29, 1.82) is 0 Å². The Kier molecular flexibility index (Phi) is 2.38. The van der Waals surface area contributed by atoms with Crippen LogP contribution in [0.15, 0.2) is 34.1 Å². The number of hydrogen-bond donors (Lipinski definition) is 0. The quantitative estimate of drug-likeness (QED) is 0.651. The maximum Gasteiger partial charge on any atom is 0.249 e. The van der Waals surface area contributed by atoms with Gasteiger partial charge in [-0.05, 0) is 6.07 Å². The third-order valence-corrected chi connectivity index (χ3v) is 3.48. The van der Waals surface area contributed by atoms with Crippen LogP contribution in [-0.2, 0) is 5.88 Å². The SMILES string of the molecule is ClCc1nnc(-c2csc3ccccc23)o1. The van der Waals surface area contributed by atoms with Crippen LogP contribution in [0.1, 0.15) is 5.89 Å². The van der Waals surface area contributed by atoms with Gasteiger partial charge in [-0.15, -0.1) is 33.1 Å². The van der Waals surface area contributed by atoms with E-state index in [4.69, 9.17) is 16.0 Å². The molecule has 2 aromatic heterocycles. The van der Waals surface area contributed by atoms with Crippen LogP contribution in [0.5, 0.6) is 0 Å². The molecule has 0 aliphatic carbocycles. The zero-order chi connectivity index (χ0) is 11.0. The van der Waals surface area contributed by atoms with Crippen LogP contribution in [0.25, 0.3) is 21.5 Å². The van der Waals surface area contributed by atoms with Crippen LogP contribution in [-0.4, -0.2) is 10.2 Å². The molecule has 0 radical (unpaired) electrons. The summed E-state index contributed by atoms with van der Waals surface area (Å²) in [4.78, 5) is 0. The molecule has 0 saturated carbocycles. The van der Waals surface area contributed by atoms with Gasteiger partial charge in [-0.1, -0.05) is 18.2 Å². The van der Waals surface area contributed by atoms with Gasteiger partial charge in [-0.3, -0.25) is 0 Å². The molecular formula is C11H7ClN2OS. The van der Waals surface area contributed by atoms with E-state index in [1.165, 1.54) is 4.70 Å². The van der Waals surface area contributed by atoms with E-state index in [1.54, 1.807) is 11.3 Å². The number of rotatable bonds is 2. The molecule has 0 N–H and O–H groups in total. The molecule has 0 unspecified atom stereocenters. The van der Waals surface area contributed by atoms with Crippen LogP contribution in [0, 0.1) is 0 Å². The van der Waals surface area contributed by atoms with Crippen LogP contribution >= 0.6 is 22.9 Å². The van der Waals surface area contributed by atoms with Gasteiger partial charge < -0.3 is 4.42 Å². The number of fused-ring (bicyclic) bond motifs is 1. The molecule has 2 heterocycles. The predicted molar refractivity (Wildman–Crippen MR) is 64.7 cm³/mol. The van der Waals surface area contributed by atoms with Crippen molar-refractivity contribution in [1.82, 2.24) is 10.2 Å². The van der Waals surface area contributed by atoms with Crippen molar-refractivity contribution in [2.45, 2.75) is 5.88 Å². The Balaban J connectivity index is 2.18. The van der Waals surface area contributed by atoms with E-state index < -0.39 is 0 Å². The van der Waals surface area contributed by atoms with Crippen LogP contribution in [0.3, 0.4) is 0 Å². The highest BCUT2D eigenvalue weighted by Gasteiger charge is 2.12. The number of halogens is 1. The lowest BCUT2D eigenvalue weighted by Crippen LogP contribution is -1.75. The van der Waals surface area contributed by atoms with E-state index in [1.807, 2.05) is 23.6 Å². The fourth-order valence-electron chi connectivity index (χ4n) is 1.56. The van der Waals surface area contributed by atoms with Gasteiger partial charge in [0, 0.05) is 15.5 Å². The van der Waals surface area contributed by atoms with E-state index in [-0.39, 0.29) is 5.88 Å². The summed E-state index contributed by atoms with van der Waals surface area (Å²) in [7, 11) is 0. The Morgan fingerprint density at radius 2 is 2.12 bits per heavy atom. The smallest absolute Gasteiger partial charge is 0.249 e. The van der Waals surface area contributed by atoms with Gasteiger partial charge in [0.15, 0.2) is 0 Å². The van der Waals surface area contributed by atoms with Crippen LogP contribution in [0.4, 0.5) is 0 Å². The Hall–Kier alpha value is -1.39. The van der Waals surface area contributed by atoms with E-state index >= 15 is 0 Å². The number of thiophene rings is 1. The third-order valence-electron chi connectivity index (χ3n) is 2.29. The van der Waals surface area contributed by atoms with E-state index in [2.05, 4.69) is 16.3 Å². The van der Waals surface area contributed by atoms with Crippen molar-refractivity contribution >= 4 is 33.0 Å². The molecule has 5 heteroatoms. The second-order valence-corrected chi connectivity index (χ2v) is 4.46. The molecular weight excluding hydrogens is 244 g/mol. The first kappa shape index (κ1) is 9.81. The lowest BCUT2D eigenvalue weighted by Gasteiger charge is -1.91. The van der Waals surface area contributed by atoms with Crippen molar-refractivity contribution < 1.29 is 4.42 Å². The lowest BCUT2D eigenvalue weighted by molar-refractivity contribution is 0.528. The molecule has 0 aliphatic heterocycles. The lowest BCUT2D eigenvalue weighted by atomic mass is 10.2. The summed E-state index contributed by atoms with van der Waals surface area (Å²) >= 11 is 7.29. The molecule has 80 valence electrons. The molecule has 0 atom stereocenters. The van der Waals surface area contributed by atoms with E-state index in [0.29, 0.717) is 11.8 Å². The number of benzene rings is 1. The highest BCUT2D eigenvalue weighted by molar-refractivity contribution is 7.17. The van der Waals surface area contributed by atoms with Gasteiger partial charge in [-0.2, -0.15) is 0 Å². The van der Waals surface area contributed by atoms with E-state index in [0.717, 1.165) is 10.9 Å². The summed E-state index contributed by atoms with van der Waals surface area (Å²) in [6.07, 6.45) is 0. The molecule has 3 aromatic rings. The molecule has 0 saturated heterocycles. The summed E-state index contributed by atoms with van der Waals surface area (Å²) in [6, 6.07) is 8.13. The monoisotopic (exact) mass is 250 g/mol. The van der Waals surface area contributed by atoms with Gasteiger partial charge in [0.05, 0.1) is 5.56 Å². The first-order valence-corrected chi connectivity index (χ1v) is 6.15. The summed E-state index contributed by atoms with van der Waals surface area (Å²) in [5.74, 6) is 1.23. The Morgan fingerprint density at radius 1 is 1.25 bits per heavy atom. The average Bonchev–Trinajstić information content (AvgIpc) is 2.94. The van der Waals surface area contributed by atoms with E-state index in [9.17, 15) is 0 Å². The van der Waals surface area contributed by atoms with Gasteiger partial charge in [0.2, 0.25) is 11.8 Å². The summed E-state index contributed by atoms with van der Waals surface area (Å²) < 4.78 is 6.65. The first-order chi connectivity index (χ1) is 7.88. The topological polar surface area (TPSA) is 38.9 Å². The maximum atomic E-state index is 5.63. The fraction of sp³-hybridized carbons (Fsp3) is 0.0909. The number of nitrogens with zero attached hydrogens (tertiary/aromatic N) is 2. The highest BCUT2D eigenvalue weighted by Crippen LogP contribution is 2.32. The molecule has 0 spiro atoms. The molecule has 3 nitrogen and oxygen atoms in total. The van der Waals surface area contributed by atoms with Crippen molar-refractivity contribution in [3.8, 4) is 11.5 Å². The number of alkyl halides is 1. The minimum absolute atomic E-state index is 0.245. The molecule has 0 bridgehead atoms. The minimum atomic E-state index is 0.245. The highest BCUT2D eigenvalue weighted by atomic mass is 35.5. The standard InChI is InChI=1S/C11H7ClN2OS/c12-5-10-13-14-11(15-10)8-6-16-9-4-2-1-3-7(8)9/h1-4,6H,5H2. The summed E-state index contributed by atoms with van der Waals surface area (Å²) in [5.41, 5.74) is 0.976. The molecule has 1 aromatic carbocycles. The Bertz CT molecular complexity index is 631. The molecule has 16 heavy (non-hydrogen) atoms. The Labute approximate surface area is 101 Å². The predicted octanol–water partition coefficient (Wildman–Crippen LogP) is 3.69. The summed E-state index contributed by atoms with van der Waals surface area (Å²) in [5, 5.41) is 11.0. The molecule has 0 fully saturated rings. The average molecular weight is 251 g/mol. The second kappa shape index (κ2) is 3.88. The van der Waals surface area contributed by atoms with Crippen molar-refractivity contribution in [3.63, 3.8) is 0 Å². The van der Waals surface area contributed by atoms with Gasteiger partial charge in [-0.25, -0.2) is 0 Å². The summed E-state index contributed by atoms with van der Waals surface area (Å²) in [6.45, 7) is 0. The van der Waals surface area contributed by atoms with Crippen molar-refractivity contribution in [2.24, 2.45) is 0 Å². The van der Waals surface area contributed by atoms with Gasteiger partial charge >= 0.3 is 0 Å². The zero-order valence-corrected chi connectivity index (χ0v) is 9.76. The molecule has 3 rings (SSSR count).